The Bertz CT molecular complexity index is 1250. The Hall–Kier alpha value is -3.08. The lowest BCUT2D eigenvalue weighted by molar-refractivity contribution is 0.340. The van der Waals surface area contributed by atoms with Crippen LogP contribution in [0.2, 0.25) is 0 Å². The van der Waals surface area contributed by atoms with E-state index in [1.807, 2.05) is 0 Å². The van der Waals surface area contributed by atoms with Crippen LogP contribution in [0.3, 0.4) is 0 Å². The first-order valence-corrected chi connectivity index (χ1v) is 11.5. The Balaban J connectivity index is 2.12. The molecule has 3 aromatic rings. The van der Waals surface area contributed by atoms with Gasteiger partial charge in [-0.25, -0.2) is 16.8 Å². The number of phenols is 1. The fourth-order valence-corrected chi connectivity index (χ4v) is 5.97. The van der Waals surface area contributed by atoms with Crippen molar-refractivity contribution in [1.29, 1.82) is 0 Å². The number of phenolic OH excluding ortho intramolecular Hbond substituents is 1. The van der Waals surface area contributed by atoms with Gasteiger partial charge in [-0.05, 0) is 35.9 Å². The number of nitrogens with one attached hydrogen (secondary N) is 1. The van der Waals surface area contributed by atoms with Crippen molar-refractivity contribution in [1.82, 2.24) is 4.13 Å². The van der Waals surface area contributed by atoms with Gasteiger partial charge >= 0.3 is 0 Å². The Morgan fingerprint density at radius 2 is 1.30 bits per heavy atom. The molecule has 2 N–H and O–H groups in total. The third-order valence-corrected chi connectivity index (χ3v) is 7.82. The molecular weight excluding hydrogens is 430 g/mol. The predicted octanol–water partition coefficient (Wildman–Crippen LogP) is 2.74. The van der Waals surface area contributed by atoms with Crippen molar-refractivity contribution < 1.29 is 31.4 Å². The number of benzene rings is 3. The van der Waals surface area contributed by atoms with E-state index in [4.69, 9.17) is 9.47 Å². The van der Waals surface area contributed by atoms with Gasteiger partial charge in [-0.1, -0.05) is 36.4 Å². The Morgan fingerprint density at radius 3 is 1.87 bits per heavy atom. The minimum Gasteiger partial charge on any atom is -0.502 e. The van der Waals surface area contributed by atoms with Crippen LogP contribution >= 0.6 is 0 Å². The van der Waals surface area contributed by atoms with E-state index in [1.165, 1.54) is 68.8 Å². The lowest BCUT2D eigenvalue weighted by Gasteiger charge is -2.15. The molecule has 0 saturated carbocycles. The maximum absolute atomic E-state index is 13.0. The molecule has 0 fully saturated rings. The van der Waals surface area contributed by atoms with Crippen molar-refractivity contribution in [3.8, 4) is 28.4 Å². The maximum Gasteiger partial charge on any atom is 0.254 e. The van der Waals surface area contributed by atoms with Gasteiger partial charge in [-0.3, -0.25) is 0 Å². The number of sulfonamides is 2. The van der Waals surface area contributed by atoms with Crippen molar-refractivity contribution in [2.45, 2.75) is 9.79 Å². The summed E-state index contributed by atoms with van der Waals surface area (Å²) in [5.74, 6) is -0.100. The summed E-state index contributed by atoms with van der Waals surface area (Å²) in [4.78, 5) is -0.446. The summed E-state index contributed by atoms with van der Waals surface area (Å²) in [7, 11) is -6.12. The van der Waals surface area contributed by atoms with E-state index in [0.717, 1.165) is 0 Å². The van der Waals surface area contributed by atoms with Gasteiger partial charge in [-0.2, -0.15) is 0 Å². The van der Waals surface area contributed by atoms with E-state index in [2.05, 4.69) is 0 Å². The second kappa shape index (κ2) is 8.34. The monoisotopic (exact) mass is 449 g/mol. The molecule has 0 aromatic heterocycles. The zero-order chi connectivity index (χ0) is 21.9. The predicted molar refractivity (Wildman–Crippen MR) is 111 cm³/mol. The molecule has 10 heteroatoms. The average molecular weight is 450 g/mol. The highest BCUT2D eigenvalue weighted by atomic mass is 32.3. The van der Waals surface area contributed by atoms with Crippen LogP contribution < -0.4 is 13.6 Å². The molecule has 0 aliphatic rings. The summed E-state index contributed by atoms with van der Waals surface area (Å²) in [5.41, 5.74) is 0.546. The summed E-state index contributed by atoms with van der Waals surface area (Å²) in [6.07, 6.45) is 0. The van der Waals surface area contributed by atoms with Gasteiger partial charge in [0, 0.05) is 5.56 Å². The van der Waals surface area contributed by atoms with E-state index >= 15 is 0 Å². The molecule has 0 amide bonds. The lowest BCUT2D eigenvalue weighted by Crippen LogP contribution is -2.31. The van der Waals surface area contributed by atoms with Crippen LogP contribution in [0.25, 0.3) is 11.1 Å². The first-order chi connectivity index (χ1) is 14.2. The zero-order valence-electron chi connectivity index (χ0n) is 16.1. The minimum absolute atomic E-state index is 0.0708. The quantitative estimate of drug-likeness (QED) is 0.569. The van der Waals surface area contributed by atoms with Crippen molar-refractivity contribution in [2.75, 3.05) is 14.2 Å². The molecule has 0 aliphatic carbocycles. The molecule has 3 aromatic carbocycles. The topological polar surface area (TPSA) is 119 Å². The molecule has 30 heavy (non-hydrogen) atoms. The molecule has 0 aliphatic heterocycles. The first-order valence-electron chi connectivity index (χ1n) is 8.57. The number of ether oxygens (including phenoxy) is 2. The second-order valence-electron chi connectivity index (χ2n) is 6.13. The summed E-state index contributed by atoms with van der Waals surface area (Å²) < 4.78 is 63.1. The van der Waals surface area contributed by atoms with Gasteiger partial charge in [-0.15, -0.1) is 4.13 Å². The highest BCUT2D eigenvalue weighted by molar-refractivity contribution is 8.04. The van der Waals surface area contributed by atoms with Crippen LogP contribution in [0.5, 0.6) is 17.2 Å². The Morgan fingerprint density at radius 1 is 0.767 bits per heavy atom. The molecule has 0 radical (unpaired) electrons. The van der Waals surface area contributed by atoms with Crippen LogP contribution in [0.4, 0.5) is 0 Å². The lowest BCUT2D eigenvalue weighted by atomic mass is 10.0. The van der Waals surface area contributed by atoms with Crippen molar-refractivity contribution >= 4 is 20.0 Å². The smallest absolute Gasteiger partial charge is 0.254 e. The number of hydrogen-bond donors (Lipinski definition) is 2. The van der Waals surface area contributed by atoms with Gasteiger partial charge < -0.3 is 14.6 Å². The largest absolute Gasteiger partial charge is 0.502 e. The van der Waals surface area contributed by atoms with Gasteiger partial charge in [0.25, 0.3) is 20.0 Å². The second-order valence-corrected chi connectivity index (χ2v) is 9.72. The maximum atomic E-state index is 13.0. The molecule has 8 nitrogen and oxygen atoms in total. The number of hydrogen-bond acceptors (Lipinski definition) is 7. The Labute approximate surface area is 174 Å². The Kier molecular flexibility index (Phi) is 6.01. The van der Waals surface area contributed by atoms with Gasteiger partial charge in [0.15, 0.2) is 11.5 Å². The summed E-state index contributed by atoms with van der Waals surface area (Å²) in [6.45, 7) is 0. The van der Waals surface area contributed by atoms with Crippen LogP contribution in [0, 0.1) is 0 Å². The van der Waals surface area contributed by atoms with Crippen LogP contribution in [0.15, 0.2) is 76.5 Å². The molecule has 0 saturated heterocycles. The normalized spacial score (nSPS) is 11.8. The van der Waals surface area contributed by atoms with Crippen LogP contribution in [-0.2, 0) is 20.0 Å². The summed E-state index contributed by atoms with van der Waals surface area (Å²) >= 11 is 0. The van der Waals surface area contributed by atoms with Gasteiger partial charge in [0.2, 0.25) is 5.75 Å². The third-order valence-electron chi connectivity index (χ3n) is 4.24. The van der Waals surface area contributed by atoms with Crippen molar-refractivity contribution in [2.24, 2.45) is 0 Å². The standard InChI is InChI=1S/C20H19NO7S2/c1-27-17-12-14(13-18(28-2)20(17)22)16-10-6-7-11-19(16)30(25,26)21-29(23,24)15-8-4-3-5-9-15/h3-13,21-22H,1-2H3. The third kappa shape index (κ3) is 4.25. The number of aromatic hydroxyl groups is 1. The molecule has 158 valence electrons. The van der Waals surface area contributed by atoms with E-state index in [0.29, 0.717) is 5.56 Å². The molecule has 0 heterocycles. The highest BCUT2D eigenvalue weighted by Crippen LogP contribution is 2.41. The van der Waals surface area contributed by atoms with E-state index in [-0.39, 0.29) is 32.6 Å². The molecule has 0 unspecified atom stereocenters. The molecule has 0 spiro atoms. The molecule has 0 atom stereocenters. The summed E-state index contributed by atoms with van der Waals surface area (Å²) in [6, 6.07) is 15.9. The average Bonchev–Trinajstić information content (AvgIpc) is 2.74. The number of rotatable bonds is 7. The van der Waals surface area contributed by atoms with Crippen molar-refractivity contribution in [3.05, 3.63) is 66.7 Å². The zero-order valence-corrected chi connectivity index (χ0v) is 17.7. The van der Waals surface area contributed by atoms with Crippen LogP contribution in [0.1, 0.15) is 0 Å². The summed E-state index contributed by atoms with van der Waals surface area (Å²) in [5, 5.41) is 10.1. The van der Waals surface area contributed by atoms with E-state index < -0.39 is 20.0 Å². The minimum atomic E-state index is -4.48. The molecule has 3 rings (SSSR count). The molecule has 0 bridgehead atoms. The highest BCUT2D eigenvalue weighted by Gasteiger charge is 2.27. The first kappa shape index (κ1) is 21.6. The molecular formula is C20H19NO7S2. The number of methoxy groups -OCH3 is 2. The fourth-order valence-electron chi connectivity index (χ4n) is 2.83. The van der Waals surface area contributed by atoms with Gasteiger partial charge in [0.05, 0.1) is 24.0 Å². The fraction of sp³-hybridized carbons (Fsp3) is 0.100. The van der Waals surface area contributed by atoms with E-state index in [1.54, 1.807) is 16.3 Å². The SMILES string of the molecule is COc1cc(-c2ccccc2S(=O)(=O)NS(=O)(=O)c2ccccc2)cc(OC)c1O. The van der Waals surface area contributed by atoms with Crippen LogP contribution in [-0.4, -0.2) is 36.2 Å². The van der Waals surface area contributed by atoms with E-state index in [9.17, 15) is 21.9 Å². The van der Waals surface area contributed by atoms with Crippen molar-refractivity contribution in [3.63, 3.8) is 0 Å². The van der Waals surface area contributed by atoms with Gasteiger partial charge in [0.1, 0.15) is 0 Å².